The standard InChI is InChI=1S/C31H26ClN5O2S/c32-24-12-10-22(11-13-24)27-15-14-26(38-27)19-33-31(40)36-30-34-28(18-29(35-30)39-25-8-2-1-3-9-25)37-17-16-21-6-4-5-7-23(21)20-37/h1-15,18H,16-17,19-20H2,(H2,33,34,35,36,40). The molecule has 7 nitrogen and oxygen atoms in total. The van der Waals surface area contributed by atoms with Gasteiger partial charge in [0, 0.05) is 29.7 Å². The van der Waals surface area contributed by atoms with Crippen LogP contribution in [0, 0.1) is 0 Å². The number of aromatic nitrogens is 2. The fourth-order valence-electron chi connectivity index (χ4n) is 4.54. The molecule has 0 atom stereocenters. The lowest BCUT2D eigenvalue weighted by atomic mass is 10.00. The van der Waals surface area contributed by atoms with E-state index in [-0.39, 0.29) is 0 Å². The van der Waals surface area contributed by atoms with Crippen molar-refractivity contribution in [2.75, 3.05) is 16.8 Å². The van der Waals surface area contributed by atoms with Crippen LogP contribution in [0.25, 0.3) is 11.3 Å². The Morgan fingerprint density at radius 2 is 1.70 bits per heavy atom. The molecule has 0 saturated carbocycles. The summed E-state index contributed by atoms with van der Waals surface area (Å²) < 4.78 is 12.1. The maximum Gasteiger partial charge on any atom is 0.234 e. The number of anilines is 2. The number of benzene rings is 3. The van der Waals surface area contributed by atoms with E-state index < -0.39 is 0 Å². The van der Waals surface area contributed by atoms with Crippen molar-refractivity contribution in [3.8, 4) is 23.0 Å². The van der Waals surface area contributed by atoms with E-state index in [9.17, 15) is 0 Å². The summed E-state index contributed by atoms with van der Waals surface area (Å²) in [6, 6.07) is 31.3. The van der Waals surface area contributed by atoms with E-state index in [2.05, 4.69) is 44.8 Å². The molecule has 6 rings (SSSR count). The number of fused-ring (bicyclic) bond motifs is 1. The molecule has 2 aromatic heterocycles. The highest BCUT2D eigenvalue weighted by Gasteiger charge is 2.19. The largest absolute Gasteiger partial charge is 0.459 e. The van der Waals surface area contributed by atoms with Crippen LogP contribution in [0.2, 0.25) is 5.02 Å². The summed E-state index contributed by atoms with van der Waals surface area (Å²) in [5.74, 6) is 3.73. The van der Waals surface area contributed by atoms with Crippen LogP contribution in [-0.2, 0) is 19.5 Å². The first-order valence-electron chi connectivity index (χ1n) is 12.9. The Morgan fingerprint density at radius 3 is 2.52 bits per heavy atom. The first-order valence-corrected chi connectivity index (χ1v) is 13.7. The monoisotopic (exact) mass is 567 g/mol. The molecule has 0 radical (unpaired) electrons. The van der Waals surface area contributed by atoms with E-state index >= 15 is 0 Å². The summed E-state index contributed by atoms with van der Waals surface area (Å²) in [7, 11) is 0. The predicted molar refractivity (Wildman–Crippen MR) is 162 cm³/mol. The first kappa shape index (κ1) is 25.9. The molecule has 0 bridgehead atoms. The summed E-state index contributed by atoms with van der Waals surface area (Å²) in [5, 5.41) is 7.34. The zero-order valence-corrected chi connectivity index (χ0v) is 23.1. The molecular weight excluding hydrogens is 542 g/mol. The zero-order valence-electron chi connectivity index (χ0n) is 21.5. The molecule has 1 aliphatic rings. The number of nitrogens with one attached hydrogen (secondary N) is 2. The van der Waals surface area contributed by atoms with Gasteiger partial charge in [-0.15, -0.1) is 0 Å². The van der Waals surface area contributed by atoms with Crippen molar-refractivity contribution in [3.63, 3.8) is 0 Å². The lowest BCUT2D eigenvalue weighted by Gasteiger charge is -2.30. The third-order valence-electron chi connectivity index (χ3n) is 6.55. The van der Waals surface area contributed by atoms with Crippen LogP contribution in [0.5, 0.6) is 11.6 Å². The molecule has 0 aliphatic carbocycles. The highest BCUT2D eigenvalue weighted by molar-refractivity contribution is 7.80. The molecule has 3 aromatic carbocycles. The van der Waals surface area contributed by atoms with Gasteiger partial charge in [-0.3, -0.25) is 0 Å². The van der Waals surface area contributed by atoms with Gasteiger partial charge in [-0.1, -0.05) is 54.1 Å². The summed E-state index contributed by atoms with van der Waals surface area (Å²) in [6.07, 6.45) is 0.943. The Hall–Kier alpha value is -4.40. The highest BCUT2D eigenvalue weighted by Crippen LogP contribution is 2.29. The van der Waals surface area contributed by atoms with Gasteiger partial charge < -0.3 is 24.7 Å². The molecule has 0 saturated heterocycles. The maximum absolute atomic E-state index is 6.08. The topological polar surface area (TPSA) is 75.5 Å². The Kier molecular flexibility index (Phi) is 7.61. The molecule has 9 heteroatoms. The second-order valence-electron chi connectivity index (χ2n) is 9.32. The number of furan rings is 1. The van der Waals surface area contributed by atoms with Crippen molar-refractivity contribution in [1.82, 2.24) is 15.3 Å². The van der Waals surface area contributed by atoms with Gasteiger partial charge >= 0.3 is 0 Å². The minimum atomic E-state index is 0.348. The first-order chi connectivity index (χ1) is 19.6. The molecule has 2 N–H and O–H groups in total. The molecule has 3 heterocycles. The Morgan fingerprint density at radius 1 is 0.925 bits per heavy atom. The van der Waals surface area contributed by atoms with E-state index in [1.165, 1.54) is 11.1 Å². The summed E-state index contributed by atoms with van der Waals surface area (Å²) in [4.78, 5) is 11.6. The molecule has 0 amide bonds. The fraction of sp³-hybridized carbons (Fsp3) is 0.129. The number of nitrogens with zero attached hydrogens (tertiary/aromatic N) is 3. The van der Waals surface area contributed by atoms with Crippen LogP contribution in [0.3, 0.4) is 0 Å². The van der Waals surface area contributed by atoms with Crippen molar-refractivity contribution in [2.45, 2.75) is 19.5 Å². The lowest BCUT2D eigenvalue weighted by Crippen LogP contribution is -2.32. The van der Waals surface area contributed by atoms with Crippen molar-refractivity contribution in [1.29, 1.82) is 0 Å². The van der Waals surface area contributed by atoms with Gasteiger partial charge in [-0.25, -0.2) is 0 Å². The number of halogens is 1. The van der Waals surface area contributed by atoms with Crippen LogP contribution >= 0.6 is 23.8 Å². The maximum atomic E-state index is 6.08. The number of ether oxygens (including phenoxy) is 1. The van der Waals surface area contributed by atoms with Crippen LogP contribution in [0.4, 0.5) is 11.8 Å². The van der Waals surface area contributed by atoms with Crippen LogP contribution in [-0.4, -0.2) is 21.6 Å². The predicted octanol–water partition coefficient (Wildman–Crippen LogP) is 7.23. The number of thiocarbonyl (C=S) groups is 1. The van der Waals surface area contributed by atoms with Crippen molar-refractivity contribution in [3.05, 3.63) is 119 Å². The van der Waals surface area contributed by atoms with Crippen LogP contribution in [0.1, 0.15) is 16.9 Å². The van der Waals surface area contributed by atoms with E-state index in [1.807, 2.05) is 72.8 Å². The number of hydrogen-bond donors (Lipinski definition) is 2. The van der Waals surface area contributed by atoms with Crippen LogP contribution in [0.15, 0.2) is 101 Å². The minimum absolute atomic E-state index is 0.348. The third kappa shape index (κ3) is 6.25. The van der Waals surface area contributed by atoms with Gasteiger partial charge in [0.1, 0.15) is 23.1 Å². The van der Waals surface area contributed by atoms with Gasteiger partial charge in [-0.05, 0) is 78.3 Å². The Bertz CT molecular complexity index is 1620. The van der Waals surface area contributed by atoms with Crippen LogP contribution < -0.4 is 20.3 Å². The normalized spacial score (nSPS) is 12.5. The summed E-state index contributed by atoms with van der Waals surface area (Å²) in [6.45, 7) is 2.00. The summed E-state index contributed by atoms with van der Waals surface area (Å²) >= 11 is 11.6. The van der Waals surface area contributed by atoms with Crippen molar-refractivity contribution >= 4 is 40.7 Å². The van der Waals surface area contributed by atoms with Crippen molar-refractivity contribution in [2.24, 2.45) is 0 Å². The van der Waals surface area contributed by atoms with E-state index in [4.69, 9.17) is 38.0 Å². The molecule has 5 aromatic rings. The lowest BCUT2D eigenvalue weighted by molar-refractivity contribution is 0.462. The zero-order chi connectivity index (χ0) is 27.3. The molecule has 1 aliphatic heterocycles. The molecule has 40 heavy (non-hydrogen) atoms. The fourth-order valence-corrected chi connectivity index (χ4v) is 4.83. The smallest absolute Gasteiger partial charge is 0.234 e. The van der Waals surface area contributed by atoms with Gasteiger partial charge in [-0.2, -0.15) is 9.97 Å². The average molecular weight is 568 g/mol. The number of para-hydroxylation sites is 1. The second-order valence-corrected chi connectivity index (χ2v) is 10.2. The minimum Gasteiger partial charge on any atom is -0.459 e. The SMILES string of the molecule is S=C(NCc1ccc(-c2ccc(Cl)cc2)o1)Nc1nc(Oc2ccccc2)cc(N2CCc3ccccc3C2)n1. The van der Waals surface area contributed by atoms with E-state index in [0.29, 0.717) is 34.3 Å². The molecule has 0 unspecified atom stereocenters. The van der Waals surface area contributed by atoms with Gasteiger partial charge in [0.15, 0.2) is 5.11 Å². The Labute approximate surface area is 242 Å². The summed E-state index contributed by atoms with van der Waals surface area (Å²) in [5.41, 5.74) is 3.61. The van der Waals surface area contributed by atoms with E-state index in [0.717, 1.165) is 42.4 Å². The van der Waals surface area contributed by atoms with Gasteiger partial charge in [0.25, 0.3) is 0 Å². The van der Waals surface area contributed by atoms with Crippen molar-refractivity contribution < 1.29 is 9.15 Å². The highest BCUT2D eigenvalue weighted by atomic mass is 35.5. The third-order valence-corrected chi connectivity index (χ3v) is 7.05. The molecule has 0 spiro atoms. The molecular formula is C31H26ClN5O2S. The molecule has 200 valence electrons. The quantitative estimate of drug-likeness (QED) is 0.199. The Balaban J connectivity index is 1.17. The van der Waals surface area contributed by atoms with E-state index in [1.54, 1.807) is 0 Å². The average Bonchev–Trinajstić information content (AvgIpc) is 3.46. The van der Waals surface area contributed by atoms with Gasteiger partial charge in [0.05, 0.1) is 6.54 Å². The second kappa shape index (κ2) is 11.8. The number of hydrogen-bond acceptors (Lipinski definition) is 6. The molecule has 0 fully saturated rings. The van der Waals surface area contributed by atoms with Gasteiger partial charge in [0.2, 0.25) is 11.8 Å². The number of rotatable bonds is 7.